The number of rotatable bonds is 9. The number of aromatic nitrogens is 1. The van der Waals surface area contributed by atoms with E-state index in [0.717, 1.165) is 16.0 Å². The van der Waals surface area contributed by atoms with E-state index in [0.29, 0.717) is 11.0 Å². The van der Waals surface area contributed by atoms with Crippen LogP contribution in [0.15, 0.2) is 48.8 Å². The Hall–Kier alpha value is -4.65. The Balaban J connectivity index is 1.96. The number of carbonyl (C=O) groups excluding carboxylic acids is 6. The van der Waals surface area contributed by atoms with Gasteiger partial charge in [-0.3, -0.25) is 34.1 Å². The summed E-state index contributed by atoms with van der Waals surface area (Å²) in [7, 11) is 0. The van der Waals surface area contributed by atoms with Gasteiger partial charge in [-0.25, -0.2) is 0 Å². The number of amides is 4. The molecular formula is C24H26N5O8+. The smallest absolute Gasteiger partial charge is 0.258 e. The summed E-state index contributed by atoms with van der Waals surface area (Å²) in [6, 6.07) is 6.53. The molecule has 0 spiro atoms. The molecule has 194 valence electrons. The fourth-order valence-corrected chi connectivity index (χ4v) is 3.86. The van der Waals surface area contributed by atoms with Gasteiger partial charge in [-0.1, -0.05) is 12.1 Å². The fraction of sp³-hybridized carbons (Fsp3) is 0.292. The standard InChI is InChI=1S/C24H25N5O8/c1-15(32)9-17(13-30)25-21(33)12-29-20-7-3-2-6-19(20)28(22(34)14-31)11-18(24(29)36)26-23(35)16-5-4-8-27(37)10-16/h2-8,10,13,17-18,31H,9,11-12,14H2,1H3,(H2-,25,26,33,35,37)/p+1/t17-,18-/m0/s1. The number of carbonyl (C=O) groups is 6. The number of Topliss-reactive ketones (excluding diaryl/α,β-unsaturated/α-hetero) is 1. The van der Waals surface area contributed by atoms with E-state index in [1.807, 2.05) is 0 Å². The molecule has 2 aromatic rings. The van der Waals surface area contributed by atoms with Crippen molar-refractivity contribution < 1.29 is 43.8 Å². The largest absolute Gasteiger partial charge is 0.387 e. The van der Waals surface area contributed by atoms with Crippen molar-refractivity contribution in [3.63, 3.8) is 0 Å². The third-order valence-electron chi connectivity index (χ3n) is 5.50. The highest BCUT2D eigenvalue weighted by molar-refractivity contribution is 6.11. The first kappa shape index (κ1) is 26.9. The molecular weight excluding hydrogens is 486 g/mol. The third-order valence-corrected chi connectivity index (χ3v) is 5.50. The van der Waals surface area contributed by atoms with Gasteiger partial charge in [-0.15, -0.1) is 0 Å². The molecule has 0 fully saturated rings. The minimum Gasteiger partial charge on any atom is -0.387 e. The number of anilines is 2. The number of fused-ring (bicyclic) bond motifs is 1. The van der Waals surface area contributed by atoms with E-state index in [1.54, 1.807) is 12.1 Å². The first-order valence-corrected chi connectivity index (χ1v) is 11.2. The molecule has 1 aliphatic heterocycles. The van der Waals surface area contributed by atoms with Crippen LogP contribution in [0.4, 0.5) is 11.4 Å². The van der Waals surface area contributed by atoms with Gasteiger partial charge in [-0.2, -0.15) is 0 Å². The van der Waals surface area contributed by atoms with Gasteiger partial charge in [-0.05, 0) is 25.1 Å². The molecule has 2 atom stereocenters. The van der Waals surface area contributed by atoms with Crippen LogP contribution in [-0.4, -0.2) is 77.8 Å². The molecule has 1 aromatic heterocycles. The summed E-state index contributed by atoms with van der Waals surface area (Å²) in [5.41, 5.74) is 0.383. The first-order chi connectivity index (χ1) is 17.6. The predicted octanol–water partition coefficient (Wildman–Crippen LogP) is -1.66. The van der Waals surface area contributed by atoms with Gasteiger partial charge >= 0.3 is 0 Å². The van der Waals surface area contributed by atoms with E-state index in [1.165, 1.54) is 37.4 Å². The Bertz CT molecular complexity index is 1230. The number of aliphatic hydroxyl groups is 1. The van der Waals surface area contributed by atoms with Gasteiger partial charge in [0, 0.05) is 17.2 Å². The van der Waals surface area contributed by atoms with Crippen molar-refractivity contribution in [2.24, 2.45) is 0 Å². The third kappa shape index (κ3) is 6.52. The summed E-state index contributed by atoms with van der Waals surface area (Å²) in [5, 5.41) is 24.0. The molecule has 0 radical (unpaired) electrons. The molecule has 4 amide bonds. The first-order valence-electron chi connectivity index (χ1n) is 11.2. The summed E-state index contributed by atoms with van der Waals surface area (Å²) >= 11 is 0. The molecule has 1 aliphatic rings. The zero-order valence-corrected chi connectivity index (χ0v) is 19.9. The van der Waals surface area contributed by atoms with E-state index in [2.05, 4.69) is 10.6 Å². The monoisotopic (exact) mass is 512 g/mol. The second kappa shape index (κ2) is 11.9. The van der Waals surface area contributed by atoms with Gasteiger partial charge in [0.15, 0.2) is 0 Å². The van der Waals surface area contributed by atoms with Gasteiger partial charge in [0.1, 0.15) is 36.8 Å². The minimum atomic E-state index is -1.35. The number of aliphatic hydroxyl groups excluding tert-OH is 1. The Kier molecular flexibility index (Phi) is 8.64. The molecule has 0 bridgehead atoms. The lowest BCUT2D eigenvalue weighted by molar-refractivity contribution is -0.904. The van der Waals surface area contributed by atoms with Crippen LogP contribution in [0.25, 0.3) is 0 Å². The van der Waals surface area contributed by atoms with Crippen molar-refractivity contribution in [3.8, 4) is 0 Å². The number of nitrogens with one attached hydrogen (secondary N) is 2. The van der Waals surface area contributed by atoms with E-state index in [-0.39, 0.29) is 35.7 Å². The van der Waals surface area contributed by atoms with Crippen LogP contribution in [0.2, 0.25) is 0 Å². The number of hydrogen-bond donors (Lipinski definition) is 4. The zero-order chi connectivity index (χ0) is 27.1. The van der Waals surface area contributed by atoms with Gasteiger partial charge in [0.05, 0.1) is 24.0 Å². The lowest BCUT2D eigenvalue weighted by atomic mass is 10.1. The number of pyridine rings is 1. The fourth-order valence-electron chi connectivity index (χ4n) is 3.86. The van der Waals surface area contributed by atoms with E-state index in [4.69, 9.17) is 0 Å². The molecule has 0 saturated heterocycles. The van der Waals surface area contributed by atoms with Crippen LogP contribution in [0.1, 0.15) is 23.7 Å². The van der Waals surface area contributed by atoms with Crippen LogP contribution in [-0.2, 0) is 24.0 Å². The molecule has 4 N–H and O–H groups in total. The highest BCUT2D eigenvalue weighted by Crippen LogP contribution is 2.32. The Morgan fingerprint density at radius 2 is 1.86 bits per heavy atom. The van der Waals surface area contributed by atoms with E-state index < -0.39 is 48.9 Å². The number of nitrogens with zero attached hydrogens (tertiary/aromatic N) is 3. The van der Waals surface area contributed by atoms with Crippen LogP contribution in [0, 0.1) is 0 Å². The summed E-state index contributed by atoms with van der Waals surface area (Å²) < 4.78 is 0.655. The molecule has 1 aromatic carbocycles. The average Bonchev–Trinajstić information content (AvgIpc) is 2.98. The van der Waals surface area contributed by atoms with Crippen LogP contribution < -0.4 is 25.2 Å². The van der Waals surface area contributed by atoms with Gasteiger partial charge in [0.25, 0.3) is 17.7 Å². The SMILES string of the molecule is CC(=O)C[C@@H](C=O)NC(=O)CN1C(=O)[C@@H](NC(=O)c2ccc[n+](O)c2)CN(C(=O)CO)c2ccccc21. The molecule has 2 heterocycles. The highest BCUT2D eigenvalue weighted by Gasteiger charge is 2.38. The van der Waals surface area contributed by atoms with Gasteiger partial charge < -0.3 is 25.4 Å². The quantitative estimate of drug-likeness (QED) is 0.175. The number of ketones is 1. The molecule has 0 unspecified atom stereocenters. The molecule has 13 nitrogen and oxygen atoms in total. The molecule has 3 rings (SSSR count). The normalized spacial score (nSPS) is 15.7. The van der Waals surface area contributed by atoms with Crippen molar-refractivity contribution in [2.75, 3.05) is 29.5 Å². The van der Waals surface area contributed by atoms with Crippen molar-refractivity contribution in [2.45, 2.75) is 25.4 Å². The lowest BCUT2D eigenvalue weighted by Crippen LogP contribution is -2.55. The number of aldehydes is 1. The van der Waals surface area contributed by atoms with E-state index >= 15 is 0 Å². The highest BCUT2D eigenvalue weighted by atomic mass is 16.5. The maximum absolute atomic E-state index is 13.6. The van der Waals surface area contributed by atoms with Crippen molar-refractivity contribution in [3.05, 3.63) is 54.4 Å². The number of hydrogen-bond acceptors (Lipinski definition) is 8. The van der Waals surface area contributed by atoms with Gasteiger partial charge in [0.2, 0.25) is 18.3 Å². The zero-order valence-electron chi connectivity index (χ0n) is 19.9. The molecule has 0 saturated carbocycles. The molecule has 0 aliphatic carbocycles. The number of benzene rings is 1. The lowest BCUT2D eigenvalue weighted by Gasteiger charge is -2.25. The Labute approximate surface area is 211 Å². The van der Waals surface area contributed by atoms with Crippen molar-refractivity contribution in [1.29, 1.82) is 0 Å². The Morgan fingerprint density at radius 1 is 1.16 bits per heavy atom. The summed E-state index contributed by atoms with van der Waals surface area (Å²) in [5.74, 6) is -3.30. The summed E-state index contributed by atoms with van der Waals surface area (Å²) in [6.45, 7) is -0.554. The van der Waals surface area contributed by atoms with Crippen LogP contribution in [0.3, 0.4) is 0 Å². The van der Waals surface area contributed by atoms with E-state index in [9.17, 15) is 39.1 Å². The Morgan fingerprint density at radius 3 is 2.49 bits per heavy atom. The summed E-state index contributed by atoms with van der Waals surface area (Å²) in [6.07, 6.45) is 2.58. The molecule has 13 heteroatoms. The number of para-hydroxylation sites is 2. The maximum atomic E-state index is 13.6. The topological polar surface area (TPSA) is 177 Å². The summed E-state index contributed by atoms with van der Waals surface area (Å²) in [4.78, 5) is 76.7. The second-order valence-electron chi connectivity index (χ2n) is 8.29. The van der Waals surface area contributed by atoms with Crippen LogP contribution in [0.5, 0.6) is 0 Å². The van der Waals surface area contributed by atoms with Crippen molar-refractivity contribution in [1.82, 2.24) is 10.6 Å². The predicted molar refractivity (Wildman–Crippen MR) is 127 cm³/mol. The maximum Gasteiger partial charge on any atom is 0.258 e. The van der Waals surface area contributed by atoms with Crippen molar-refractivity contribution >= 4 is 47.1 Å². The minimum absolute atomic E-state index is 0.0157. The average molecular weight is 512 g/mol. The second-order valence-corrected chi connectivity index (χ2v) is 8.29. The molecule has 37 heavy (non-hydrogen) atoms. The van der Waals surface area contributed by atoms with Crippen LogP contribution >= 0.6 is 0 Å².